The molecule has 0 saturated heterocycles. The van der Waals surface area contributed by atoms with Crippen LogP contribution in [0, 0.1) is 0 Å². The Morgan fingerprint density at radius 3 is 0.922 bits per heavy atom. The second kappa shape index (κ2) is 37.3. The van der Waals surface area contributed by atoms with Crippen molar-refractivity contribution in [2.45, 2.75) is 219 Å². The van der Waals surface area contributed by atoms with Gasteiger partial charge in [0.15, 0.2) is 0 Å². The standard InChI is InChI=1S/C40H79O10P/c1-3-5-7-9-11-12-13-14-15-16-17-18-19-20-21-22-23-24-26-28-30-32-40(44)50-38(34-42)36-48-51(45,46)47-35-37(33-41)49-39(43)31-29-27-25-10-8-6-4-2/h37-38,41-42H,3-36H2,1-2H3,(H,45,46). The summed E-state index contributed by atoms with van der Waals surface area (Å²) < 4.78 is 32.4. The van der Waals surface area contributed by atoms with Crippen molar-refractivity contribution in [3.05, 3.63) is 0 Å². The van der Waals surface area contributed by atoms with Gasteiger partial charge in [-0.1, -0.05) is 181 Å². The molecule has 0 saturated carbocycles. The lowest BCUT2D eigenvalue weighted by atomic mass is 10.0. The van der Waals surface area contributed by atoms with Crippen molar-refractivity contribution in [2.75, 3.05) is 26.4 Å². The molecule has 51 heavy (non-hydrogen) atoms. The Kier molecular flexibility index (Phi) is 36.5. The zero-order chi connectivity index (χ0) is 37.7. The van der Waals surface area contributed by atoms with Crippen LogP contribution in [0.1, 0.15) is 206 Å². The summed E-state index contributed by atoms with van der Waals surface area (Å²) >= 11 is 0. The molecule has 11 heteroatoms. The lowest BCUT2D eigenvalue weighted by molar-refractivity contribution is -0.153. The van der Waals surface area contributed by atoms with Crippen LogP contribution in [0.5, 0.6) is 0 Å². The third-order valence-electron chi connectivity index (χ3n) is 9.32. The number of aliphatic hydroxyl groups excluding tert-OH is 2. The Balaban J connectivity index is 3.79. The third kappa shape index (κ3) is 35.8. The van der Waals surface area contributed by atoms with E-state index in [1.165, 1.54) is 128 Å². The van der Waals surface area contributed by atoms with Crippen LogP contribution in [-0.4, -0.2) is 65.7 Å². The van der Waals surface area contributed by atoms with E-state index < -0.39 is 58.4 Å². The van der Waals surface area contributed by atoms with E-state index in [0.717, 1.165) is 38.5 Å². The zero-order valence-corrected chi connectivity index (χ0v) is 33.7. The van der Waals surface area contributed by atoms with E-state index in [0.29, 0.717) is 12.8 Å². The molecule has 0 spiro atoms. The minimum atomic E-state index is -4.62. The number of rotatable bonds is 40. The summed E-state index contributed by atoms with van der Waals surface area (Å²) in [5, 5.41) is 19.0. The van der Waals surface area contributed by atoms with Crippen LogP contribution >= 0.6 is 7.82 Å². The molecule has 0 aromatic carbocycles. The topological polar surface area (TPSA) is 149 Å². The lowest BCUT2D eigenvalue weighted by Gasteiger charge is -2.20. The van der Waals surface area contributed by atoms with Gasteiger partial charge in [-0.05, 0) is 12.8 Å². The van der Waals surface area contributed by atoms with Crippen LogP contribution in [0.2, 0.25) is 0 Å². The van der Waals surface area contributed by atoms with E-state index in [2.05, 4.69) is 13.8 Å². The second-order valence-electron chi connectivity index (χ2n) is 14.3. The van der Waals surface area contributed by atoms with Gasteiger partial charge in [-0.25, -0.2) is 4.57 Å². The zero-order valence-electron chi connectivity index (χ0n) is 32.8. The molecule has 0 aliphatic carbocycles. The normalized spacial score (nSPS) is 13.9. The van der Waals surface area contributed by atoms with E-state index in [1.807, 2.05) is 0 Å². The molecule has 3 atom stereocenters. The van der Waals surface area contributed by atoms with Crippen molar-refractivity contribution in [3.63, 3.8) is 0 Å². The summed E-state index contributed by atoms with van der Waals surface area (Å²) in [4.78, 5) is 34.3. The highest BCUT2D eigenvalue weighted by molar-refractivity contribution is 7.47. The number of phosphoric acid groups is 1. The van der Waals surface area contributed by atoms with Crippen LogP contribution in [0.25, 0.3) is 0 Å². The average molecular weight is 751 g/mol. The van der Waals surface area contributed by atoms with E-state index in [1.54, 1.807) is 0 Å². The van der Waals surface area contributed by atoms with Gasteiger partial charge >= 0.3 is 19.8 Å². The van der Waals surface area contributed by atoms with E-state index in [-0.39, 0.29) is 12.8 Å². The number of phosphoric ester groups is 1. The van der Waals surface area contributed by atoms with Crippen LogP contribution in [0.15, 0.2) is 0 Å². The minimum absolute atomic E-state index is 0.195. The molecule has 0 bridgehead atoms. The van der Waals surface area contributed by atoms with Crippen molar-refractivity contribution >= 4 is 19.8 Å². The fourth-order valence-electron chi connectivity index (χ4n) is 6.06. The maximum absolute atomic E-state index is 12.3. The molecule has 0 aromatic rings. The van der Waals surface area contributed by atoms with E-state index in [4.69, 9.17) is 18.5 Å². The Morgan fingerprint density at radius 2 is 0.686 bits per heavy atom. The van der Waals surface area contributed by atoms with Crippen molar-refractivity contribution in [3.8, 4) is 0 Å². The molecule has 0 rings (SSSR count). The van der Waals surface area contributed by atoms with Gasteiger partial charge in [-0.2, -0.15) is 0 Å². The number of aliphatic hydroxyl groups is 2. The van der Waals surface area contributed by atoms with Gasteiger partial charge in [0, 0.05) is 12.8 Å². The molecular formula is C40H79O10P. The lowest BCUT2D eigenvalue weighted by Crippen LogP contribution is -2.28. The number of esters is 2. The molecule has 0 radical (unpaired) electrons. The molecule has 3 unspecified atom stereocenters. The predicted octanol–water partition coefficient (Wildman–Crippen LogP) is 10.7. The van der Waals surface area contributed by atoms with Crippen molar-refractivity contribution in [1.82, 2.24) is 0 Å². The van der Waals surface area contributed by atoms with Gasteiger partial charge in [-0.3, -0.25) is 18.6 Å². The summed E-state index contributed by atoms with van der Waals surface area (Å²) in [6.07, 6.45) is 32.6. The van der Waals surface area contributed by atoms with Crippen LogP contribution in [0.4, 0.5) is 0 Å². The summed E-state index contributed by atoms with van der Waals surface area (Å²) in [5.41, 5.74) is 0. The van der Waals surface area contributed by atoms with Gasteiger partial charge in [0.1, 0.15) is 12.2 Å². The summed E-state index contributed by atoms with van der Waals surface area (Å²) in [7, 11) is -4.62. The molecule has 0 fully saturated rings. The largest absolute Gasteiger partial charge is 0.472 e. The smallest absolute Gasteiger partial charge is 0.457 e. The molecule has 0 heterocycles. The van der Waals surface area contributed by atoms with Crippen molar-refractivity contribution < 1.29 is 47.8 Å². The Hall–Kier alpha value is -1.03. The molecular weight excluding hydrogens is 671 g/mol. The average Bonchev–Trinajstić information content (AvgIpc) is 3.12. The minimum Gasteiger partial charge on any atom is -0.457 e. The van der Waals surface area contributed by atoms with Gasteiger partial charge < -0.3 is 24.6 Å². The van der Waals surface area contributed by atoms with Gasteiger partial charge in [0.05, 0.1) is 26.4 Å². The summed E-state index contributed by atoms with van der Waals surface area (Å²) in [6, 6.07) is 0. The van der Waals surface area contributed by atoms with Crippen molar-refractivity contribution in [2.24, 2.45) is 0 Å². The SMILES string of the molecule is CCCCCCCCCCCCCCCCCCCCCCCC(=O)OC(CO)COP(=O)(O)OCC(CO)OC(=O)CCCCCCCCC. The number of unbranched alkanes of at least 4 members (excludes halogenated alkanes) is 26. The monoisotopic (exact) mass is 751 g/mol. The fraction of sp³-hybridized carbons (Fsp3) is 0.950. The fourth-order valence-corrected chi connectivity index (χ4v) is 6.84. The van der Waals surface area contributed by atoms with E-state index >= 15 is 0 Å². The number of hydrogen-bond donors (Lipinski definition) is 3. The highest BCUT2D eigenvalue weighted by Gasteiger charge is 2.27. The second-order valence-corrected chi connectivity index (χ2v) is 15.8. The Labute approximate surface area is 312 Å². The molecule has 0 amide bonds. The summed E-state index contributed by atoms with van der Waals surface area (Å²) in [5.74, 6) is -1.01. The molecule has 10 nitrogen and oxygen atoms in total. The summed E-state index contributed by atoms with van der Waals surface area (Å²) in [6.45, 7) is 2.17. The van der Waals surface area contributed by atoms with Crippen molar-refractivity contribution in [1.29, 1.82) is 0 Å². The first-order chi connectivity index (χ1) is 24.8. The quantitative estimate of drug-likeness (QED) is 0.0314. The molecule has 0 aliphatic rings. The highest BCUT2D eigenvalue weighted by atomic mass is 31.2. The van der Waals surface area contributed by atoms with Gasteiger partial charge in [0.25, 0.3) is 0 Å². The number of ether oxygens (including phenoxy) is 2. The number of carbonyl (C=O) groups excluding carboxylic acids is 2. The first-order valence-electron chi connectivity index (χ1n) is 21.0. The molecule has 0 aliphatic heterocycles. The molecule has 304 valence electrons. The third-order valence-corrected chi connectivity index (χ3v) is 10.3. The maximum atomic E-state index is 12.3. The first kappa shape index (κ1) is 50.0. The van der Waals surface area contributed by atoms with Crippen LogP contribution < -0.4 is 0 Å². The van der Waals surface area contributed by atoms with Crippen LogP contribution in [-0.2, 0) is 32.7 Å². The first-order valence-corrected chi connectivity index (χ1v) is 22.5. The number of hydrogen-bond acceptors (Lipinski definition) is 9. The van der Waals surface area contributed by atoms with Gasteiger partial charge in [0.2, 0.25) is 0 Å². The number of carbonyl (C=O) groups is 2. The Morgan fingerprint density at radius 1 is 0.451 bits per heavy atom. The highest BCUT2D eigenvalue weighted by Crippen LogP contribution is 2.43. The van der Waals surface area contributed by atoms with Crippen LogP contribution in [0.3, 0.4) is 0 Å². The molecule has 0 aromatic heterocycles. The van der Waals surface area contributed by atoms with Gasteiger partial charge in [-0.15, -0.1) is 0 Å². The predicted molar refractivity (Wildman–Crippen MR) is 206 cm³/mol. The Bertz CT molecular complexity index is 827. The van der Waals surface area contributed by atoms with E-state index in [9.17, 15) is 29.3 Å². The molecule has 3 N–H and O–H groups in total. The maximum Gasteiger partial charge on any atom is 0.472 e.